The van der Waals surface area contributed by atoms with Crippen LogP contribution in [0.3, 0.4) is 0 Å². The number of fused-ring (bicyclic) bond motifs is 2. The fourth-order valence-corrected chi connectivity index (χ4v) is 3.69. The van der Waals surface area contributed by atoms with Crippen molar-refractivity contribution in [2.45, 2.75) is 52.2 Å². The van der Waals surface area contributed by atoms with E-state index in [-0.39, 0.29) is 5.91 Å². The Morgan fingerprint density at radius 2 is 1.57 bits per heavy atom. The van der Waals surface area contributed by atoms with Crippen LogP contribution in [0.4, 0.5) is 5.69 Å². The number of nitrogens with zero attached hydrogens (tertiary/aromatic N) is 3. The number of pyridine rings is 2. The second-order valence-electron chi connectivity index (χ2n) is 7.72. The molecule has 0 saturated carbocycles. The highest BCUT2D eigenvalue weighted by Crippen LogP contribution is 2.27. The van der Waals surface area contributed by atoms with Gasteiger partial charge < -0.3 is 14.4 Å². The number of rotatable bonds is 4. The zero-order valence-corrected chi connectivity index (χ0v) is 18.1. The van der Waals surface area contributed by atoms with Gasteiger partial charge in [0.05, 0.1) is 17.9 Å². The van der Waals surface area contributed by atoms with Crippen LogP contribution in [-0.2, 0) is 38.3 Å². The second-order valence-corrected chi connectivity index (χ2v) is 7.72. The van der Waals surface area contributed by atoms with Crippen molar-refractivity contribution < 1.29 is 19.1 Å². The first-order valence-electron chi connectivity index (χ1n) is 10.2. The van der Waals surface area contributed by atoms with Gasteiger partial charge in [0.15, 0.2) is 6.29 Å². The third kappa shape index (κ3) is 5.29. The van der Waals surface area contributed by atoms with Crippen molar-refractivity contribution in [2.75, 3.05) is 25.7 Å². The molecule has 7 heteroatoms. The normalized spacial score (nSPS) is 15.4. The van der Waals surface area contributed by atoms with E-state index in [2.05, 4.69) is 16.0 Å². The van der Waals surface area contributed by atoms with Gasteiger partial charge >= 0.3 is 0 Å². The molecule has 0 atom stereocenters. The molecule has 1 aliphatic heterocycles. The molecule has 0 unspecified atom stereocenters. The van der Waals surface area contributed by atoms with Gasteiger partial charge in [-0.3, -0.25) is 19.6 Å². The summed E-state index contributed by atoms with van der Waals surface area (Å²) in [6.45, 7) is 4.37. The molecule has 7 nitrogen and oxygen atoms in total. The summed E-state index contributed by atoms with van der Waals surface area (Å²) >= 11 is 0. The molecule has 0 bridgehead atoms. The van der Waals surface area contributed by atoms with E-state index in [0.29, 0.717) is 38.0 Å². The second kappa shape index (κ2) is 9.91. The number of aryl methyl sites for hydroxylation is 4. The van der Waals surface area contributed by atoms with Gasteiger partial charge in [0.2, 0.25) is 5.91 Å². The Kier molecular flexibility index (Phi) is 7.29. The number of ketones is 1. The van der Waals surface area contributed by atoms with Crippen LogP contribution in [0.15, 0.2) is 24.5 Å². The van der Waals surface area contributed by atoms with Crippen LogP contribution in [0.5, 0.6) is 0 Å². The SMILES string of the molecule is COC(CN1C(=O)CCc2ncc(C)cc21)OC.Cc1cnc2c(c1)CC(=O)CC2. The summed E-state index contributed by atoms with van der Waals surface area (Å²) in [5.41, 5.74) is 6.27. The Bertz CT molecular complexity index is 925. The first-order chi connectivity index (χ1) is 14.4. The molecular formula is C23H29N3O4. The molecule has 0 radical (unpaired) electrons. The van der Waals surface area contributed by atoms with Crippen LogP contribution in [0.1, 0.15) is 40.9 Å². The zero-order chi connectivity index (χ0) is 21.7. The largest absolute Gasteiger partial charge is 0.354 e. The van der Waals surface area contributed by atoms with Crippen molar-refractivity contribution >= 4 is 17.4 Å². The number of aromatic nitrogens is 2. The minimum atomic E-state index is -0.416. The first-order valence-corrected chi connectivity index (χ1v) is 10.2. The average Bonchev–Trinajstić information content (AvgIpc) is 2.73. The van der Waals surface area contributed by atoms with Crippen LogP contribution in [0, 0.1) is 13.8 Å². The Morgan fingerprint density at radius 1 is 0.933 bits per heavy atom. The minimum absolute atomic E-state index is 0.0917. The molecule has 4 rings (SSSR count). The molecule has 0 aromatic carbocycles. The number of hydrogen-bond donors (Lipinski definition) is 0. The maximum atomic E-state index is 12.0. The van der Waals surface area contributed by atoms with Crippen LogP contribution in [0.25, 0.3) is 0 Å². The van der Waals surface area contributed by atoms with E-state index in [4.69, 9.17) is 9.47 Å². The average molecular weight is 412 g/mol. The summed E-state index contributed by atoms with van der Waals surface area (Å²) in [6, 6.07) is 4.06. The van der Waals surface area contributed by atoms with E-state index in [1.54, 1.807) is 19.1 Å². The Morgan fingerprint density at radius 3 is 2.27 bits per heavy atom. The lowest BCUT2D eigenvalue weighted by molar-refractivity contribution is -0.123. The summed E-state index contributed by atoms with van der Waals surface area (Å²) in [4.78, 5) is 33.5. The summed E-state index contributed by atoms with van der Waals surface area (Å²) in [6.07, 6.45) is 6.56. The fraction of sp³-hybridized carbons (Fsp3) is 0.478. The molecule has 30 heavy (non-hydrogen) atoms. The number of carbonyl (C=O) groups excluding carboxylic acids is 2. The van der Waals surface area contributed by atoms with Crippen molar-refractivity contribution in [3.8, 4) is 0 Å². The Hall–Kier alpha value is -2.64. The van der Waals surface area contributed by atoms with E-state index in [0.717, 1.165) is 40.2 Å². The van der Waals surface area contributed by atoms with Gasteiger partial charge in [-0.15, -0.1) is 0 Å². The third-order valence-corrected chi connectivity index (χ3v) is 5.33. The standard InChI is InChI=1S/C13H18N2O3.C10H11NO/c1-9-6-11-10(14-7-9)4-5-12(16)15(11)8-13(17-2)18-3;1-7-4-8-5-9(12)2-3-10(8)11-6-7/h6-7,13H,4-5,8H2,1-3H3;4,6H,2-3,5H2,1H3. The molecule has 2 aromatic rings. The van der Waals surface area contributed by atoms with E-state index in [9.17, 15) is 9.59 Å². The minimum Gasteiger partial charge on any atom is -0.354 e. The molecule has 2 aliphatic rings. The van der Waals surface area contributed by atoms with Crippen LogP contribution in [0.2, 0.25) is 0 Å². The summed E-state index contributed by atoms with van der Waals surface area (Å²) in [5.74, 6) is 0.434. The summed E-state index contributed by atoms with van der Waals surface area (Å²) in [7, 11) is 3.13. The third-order valence-electron chi connectivity index (χ3n) is 5.33. The molecule has 0 fully saturated rings. The van der Waals surface area contributed by atoms with E-state index < -0.39 is 6.29 Å². The number of amides is 1. The van der Waals surface area contributed by atoms with Gasteiger partial charge in [-0.05, 0) is 43.0 Å². The maximum absolute atomic E-state index is 12.0. The molecule has 2 aromatic heterocycles. The van der Waals surface area contributed by atoms with E-state index in [1.807, 2.05) is 32.3 Å². The molecule has 0 saturated heterocycles. The molecule has 0 N–H and O–H groups in total. The van der Waals surface area contributed by atoms with E-state index >= 15 is 0 Å². The summed E-state index contributed by atoms with van der Waals surface area (Å²) in [5, 5.41) is 0. The fourth-order valence-electron chi connectivity index (χ4n) is 3.69. The Balaban J connectivity index is 0.000000184. The summed E-state index contributed by atoms with van der Waals surface area (Å²) < 4.78 is 10.3. The first kappa shape index (κ1) is 22.1. The lowest BCUT2D eigenvalue weighted by Gasteiger charge is -2.31. The number of methoxy groups -OCH3 is 2. The van der Waals surface area contributed by atoms with Gasteiger partial charge in [-0.1, -0.05) is 6.07 Å². The quantitative estimate of drug-likeness (QED) is 0.720. The van der Waals surface area contributed by atoms with Crippen molar-refractivity contribution in [3.63, 3.8) is 0 Å². The molecule has 160 valence electrons. The number of hydrogen-bond acceptors (Lipinski definition) is 6. The molecule has 0 spiro atoms. The highest BCUT2D eigenvalue weighted by Gasteiger charge is 2.27. The van der Waals surface area contributed by atoms with Crippen LogP contribution >= 0.6 is 0 Å². The van der Waals surface area contributed by atoms with Gasteiger partial charge in [-0.25, -0.2) is 0 Å². The van der Waals surface area contributed by atoms with Crippen molar-refractivity contribution in [1.82, 2.24) is 9.97 Å². The van der Waals surface area contributed by atoms with Gasteiger partial charge in [0, 0.05) is 58.0 Å². The molecule has 1 amide bonds. The number of Topliss-reactive ketones (excluding diaryl/α,β-unsaturated/α-hetero) is 1. The monoisotopic (exact) mass is 411 g/mol. The van der Waals surface area contributed by atoms with Gasteiger partial charge in [0.25, 0.3) is 0 Å². The lowest BCUT2D eigenvalue weighted by Crippen LogP contribution is -2.42. The van der Waals surface area contributed by atoms with Gasteiger partial charge in [0.1, 0.15) is 5.78 Å². The molecule has 1 aliphatic carbocycles. The Labute approximate surface area is 177 Å². The number of anilines is 1. The van der Waals surface area contributed by atoms with Crippen LogP contribution < -0.4 is 4.90 Å². The van der Waals surface area contributed by atoms with Crippen LogP contribution in [-0.4, -0.2) is 48.7 Å². The molecular weight excluding hydrogens is 382 g/mol. The maximum Gasteiger partial charge on any atom is 0.227 e. The highest BCUT2D eigenvalue weighted by atomic mass is 16.7. The highest BCUT2D eigenvalue weighted by molar-refractivity contribution is 5.96. The van der Waals surface area contributed by atoms with Gasteiger partial charge in [-0.2, -0.15) is 0 Å². The van der Waals surface area contributed by atoms with E-state index in [1.165, 1.54) is 0 Å². The molecule has 3 heterocycles. The van der Waals surface area contributed by atoms with Crippen molar-refractivity contribution in [1.29, 1.82) is 0 Å². The topological polar surface area (TPSA) is 81.6 Å². The number of carbonyl (C=O) groups is 2. The van der Waals surface area contributed by atoms with Crippen molar-refractivity contribution in [2.24, 2.45) is 0 Å². The lowest BCUT2D eigenvalue weighted by atomic mass is 9.94. The zero-order valence-electron chi connectivity index (χ0n) is 18.1. The smallest absolute Gasteiger partial charge is 0.227 e. The van der Waals surface area contributed by atoms with Crippen molar-refractivity contribution in [3.05, 3.63) is 52.6 Å². The predicted molar refractivity (Wildman–Crippen MR) is 113 cm³/mol. The number of ether oxygens (including phenoxy) is 2. The predicted octanol–water partition coefficient (Wildman–Crippen LogP) is 2.74.